The molecule has 132 valence electrons. The number of thioether (sulfide) groups is 1. The van der Waals surface area contributed by atoms with Crippen molar-refractivity contribution in [2.75, 3.05) is 13.1 Å². The van der Waals surface area contributed by atoms with Crippen LogP contribution < -0.4 is 10.6 Å². The molecule has 0 fully saturated rings. The molecule has 1 rings (SSSR count). The summed E-state index contributed by atoms with van der Waals surface area (Å²) in [6.07, 6.45) is -0.878. The van der Waals surface area contributed by atoms with Gasteiger partial charge in [-0.05, 0) is 39.8 Å². The zero-order valence-electron chi connectivity index (χ0n) is 14.4. The molecular weight excluding hydrogens is 328 g/mol. The van der Waals surface area contributed by atoms with Crippen molar-refractivity contribution in [3.05, 3.63) is 29.8 Å². The summed E-state index contributed by atoms with van der Waals surface area (Å²) < 4.78 is 5.22. The molecule has 0 saturated carbocycles. The smallest absolute Gasteiger partial charge is 0.340 e. The van der Waals surface area contributed by atoms with Gasteiger partial charge in [0.25, 0.3) is 5.91 Å². The summed E-state index contributed by atoms with van der Waals surface area (Å²) in [6, 6.07) is 6.89. The SMILES string of the molecule is CCNC(=O)[C@H](C)OC(=O)c1ccccc1S[C@H](C)C(=O)NCC. The maximum Gasteiger partial charge on any atom is 0.340 e. The van der Waals surface area contributed by atoms with Crippen LogP contribution in [0.15, 0.2) is 29.2 Å². The Balaban J connectivity index is 2.83. The summed E-state index contributed by atoms with van der Waals surface area (Å²) in [5, 5.41) is 5.00. The molecule has 1 aromatic rings. The predicted octanol–water partition coefficient (Wildman–Crippen LogP) is 1.98. The first-order valence-corrected chi connectivity index (χ1v) is 8.80. The second-order valence-electron chi connectivity index (χ2n) is 5.09. The van der Waals surface area contributed by atoms with Gasteiger partial charge in [-0.25, -0.2) is 4.79 Å². The van der Waals surface area contributed by atoms with E-state index in [1.165, 1.54) is 18.7 Å². The second kappa shape index (κ2) is 9.97. The van der Waals surface area contributed by atoms with Crippen molar-refractivity contribution in [2.45, 2.75) is 43.9 Å². The Kier molecular flexibility index (Phi) is 8.32. The number of rotatable bonds is 8. The Hall–Kier alpha value is -2.02. The van der Waals surface area contributed by atoms with Crippen LogP contribution in [0.25, 0.3) is 0 Å². The van der Waals surface area contributed by atoms with E-state index in [4.69, 9.17) is 4.74 Å². The minimum Gasteiger partial charge on any atom is -0.449 e. The Bertz CT molecular complexity index is 592. The van der Waals surface area contributed by atoms with Crippen LogP contribution in [0.5, 0.6) is 0 Å². The van der Waals surface area contributed by atoms with Crippen LogP contribution in [0, 0.1) is 0 Å². The number of hydrogen-bond donors (Lipinski definition) is 2. The van der Waals surface area contributed by atoms with Gasteiger partial charge in [0.15, 0.2) is 6.10 Å². The molecule has 0 aliphatic rings. The quantitative estimate of drug-likeness (QED) is 0.552. The van der Waals surface area contributed by atoms with E-state index in [9.17, 15) is 14.4 Å². The van der Waals surface area contributed by atoms with Gasteiger partial charge in [-0.1, -0.05) is 12.1 Å². The number of ether oxygens (including phenoxy) is 1. The number of nitrogens with one attached hydrogen (secondary N) is 2. The monoisotopic (exact) mass is 352 g/mol. The molecule has 0 unspecified atom stereocenters. The van der Waals surface area contributed by atoms with Gasteiger partial charge in [-0.3, -0.25) is 9.59 Å². The summed E-state index contributed by atoms with van der Waals surface area (Å²) in [7, 11) is 0. The summed E-state index contributed by atoms with van der Waals surface area (Å²) in [5.74, 6) is -1.02. The third-order valence-corrected chi connectivity index (χ3v) is 4.31. The summed E-state index contributed by atoms with van der Waals surface area (Å²) >= 11 is 1.28. The lowest BCUT2D eigenvalue weighted by Crippen LogP contribution is -2.35. The van der Waals surface area contributed by atoms with E-state index >= 15 is 0 Å². The maximum atomic E-state index is 12.3. The molecule has 2 N–H and O–H groups in total. The van der Waals surface area contributed by atoms with Crippen molar-refractivity contribution in [3.63, 3.8) is 0 Å². The van der Waals surface area contributed by atoms with Gasteiger partial charge < -0.3 is 15.4 Å². The fraction of sp³-hybridized carbons (Fsp3) is 0.471. The molecule has 0 aliphatic heterocycles. The fourth-order valence-electron chi connectivity index (χ4n) is 1.90. The number of likely N-dealkylation sites (N-methyl/N-ethyl adjacent to an activating group) is 1. The van der Waals surface area contributed by atoms with E-state index in [-0.39, 0.29) is 17.1 Å². The van der Waals surface area contributed by atoms with Crippen LogP contribution in [-0.4, -0.2) is 42.2 Å². The fourth-order valence-corrected chi connectivity index (χ4v) is 2.90. The van der Waals surface area contributed by atoms with Crippen molar-refractivity contribution >= 4 is 29.5 Å². The molecule has 2 amide bonds. The van der Waals surface area contributed by atoms with E-state index in [0.717, 1.165) is 0 Å². The molecule has 1 aromatic carbocycles. The van der Waals surface area contributed by atoms with Gasteiger partial charge in [0.2, 0.25) is 5.91 Å². The van der Waals surface area contributed by atoms with Crippen LogP contribution in [-0.2, 0) is 14.3 Å². The van der Waals surface area contributed by atoms with E-state index in [0.29, 0.717) is 23.5 Å². The molecule has 7 heteroatoms. The van der Waals surface area contributed by atoms with Crippen molar-refractivity contribution in [1.82, 2.24) is 10.6 Å². The van der Waals surface area contributed by atoms with Gasteiger partial charge in [0.05, 0.1) is 10.8 Å². The average Bonchev–Trinajstić information content (AvgIpc) is 2.55. The van der Waals surface area contributed by atoms with E-state index < -0.39 is 12.1 Å². The first-order chi connectivity index (χ1) is 11.4. The van der Waals surface area contributed by atoms with Crippen LogP contribution in [0.4, 0.5) is 0 Å². The minimum atomic E-state index is -0.878. The number of esters is 1. The Morgan fingerprint density at radius 3 is 2.25 bits per heavy atom. The number of hydrogen-bond acceptors (Lipinski definition) is 5. The lowest BCUT2D eigenvalue weighted by atomic mass is 10.2. The average molecular weight is 352 g/mol. The first kappa shape index (κ1) is 20.0. The van der Waals surface area contributed by atoms with Crippen molar-refractivity contribution < 1.29 is 19.1 Å². The lowest BCUT2D eigenvalue weighted by molar-refractivity contribution is -0.129. The molecule has 0 saturated heterocycles. The molecule has 0 aliphatic carbocycles. The maximum absolute atomic E-state index is 12.3. The van der Waals surface area contributed by atoms with Gasteiger partial charge in [-0.15, -0.1) is 11.8 Å². The normalized spacial score (nSPS) is 12.8. The van der Waals surface area contributed by atoms with Crippen LogP contribution in [0.1, 0.15) is 38.1 Å². The zero-order chi connectivity index (χ0) is 18.1. The van der Waals surface area contributed by atoms with Crippen LogP contribution >= 0.6 is 11.8 Å². The molecule has 6 nitrogen and oxygen atoms in total. The van der Waals surface area contributed by atoms with Gasteiger partial charge in [-0.2, -0.15) is 0 Å². The highest BCUT2D eigenvalue weighted by Crippen LogP contribution is 2.27. The number of benzene rings is 1. The van der Waals surface area contributed by atoms with Crippen molar-refractivity contribution in [1.29, 1.82) is 0 Å². The van der Waals surface area contributed by atoms with E-state index in [1.54, 1.807) is 38.1 Å². The van der Waals surface area contributed by atoms with Gasteiger partial charge >= 0.3 is 5.97 Å². The van der Waals surface area contributed by atoms with Gasteiger partial charge in [0, 0.05) is 18.0 Å². The molecule has 0 heterocycles. The molecule has 0 spiro atoms. The Morgan fingerprint density at radius 1 is 1.04 bits per heavy atom. The molecule has 0 bridgehead atoms. The summed E-state index contributed by atoms with van der Waals surface area (Å²) in [5.41, 5.74) is 0.342. The second-order valence-corrected chi connectivity index (χ2v) is 6.48. The third kappa shape index (κ3) is 5.88. The topological polar surface area (TPSA) is 84.5 Å². The first-order valence-electron chi connectivity index (χ1n) is 7.92. The number of carbonyl (C=O) groups excluding carboxylic acids is 3. The highest BCUT2D eigenvalue weighted by Gasteiger charge is 2.22. The third-order valence-electron chi connectivity index (χ3n) is 3.14. The Morgan fingerprint density at radius 2 is 1.62 bits per heavy atom. The predicted molar refractivity (Wildman–Crippen MR) is 94.0 cm³/mol. The van der Waals surface area contributed by atoms with E-state index in [2.05, 4.69) is 10.6 Å². The molecule has 0 radical (unpaired) electrons. The van der Waals surface area contributed by atoms with Crippen LogP contribution in [0.3, 0.4) is 0 Å². The van der Waals surface area contributed by atoms with E-state index in [1.807, 2.05) is 6.92 Å². The lowest BCUT2D eigenvalue weighted by Gasteiger charge is -2.16. The molecule has 24 heavy (non-hydrogen) atoms. The Labute approximate surface area is 146 Å². The standard InChI is InChI=1S/C17H24N2O4S/c1-5-18-15(20)11(3)23-17(22)13-9-7-8-10-14(13)24-12(4)16(21)19-6-2/h7-12H,5-6H2,1-4H3,(H,18,20)(H,19,21)/t11-,12+/m0/s1. The van der Waals surface area contributed by atoms with Crippen molar-refractivity contribution in [3.8, 4) is 0 Å². The van der Waals surface area contributed by atoms with Crippen molar-refractivity contribution in [2.24, 2.45) is 0 Å². The summed E-state index contributed by atoms with van der Waals surface area (Å²) in [4.78, 5) is 36.5. The van der Waals surface area contributed by atoms with Gasteiger partial charge in [0.1, 0.15) is 0 Å². The van der Waals surface area contributed by atoms with Crippen LogP contribution in [0.2, 0.25) is 0 Å². The molecule has 2 atom stereocenters. The number of amides is 2. The largest absolute Gasteiger partial charge is 0.449 e. The highest BCUT2D eigenvalue weighted by molar-refractivity contribution is 8.00. The molecule has 0 aromatic heterocycles. The number of carbonyl (C=O) groups is 3. The minimum absolute atomic E-state index is 0.0960. The summed E-state index contributed by atoms with van der Waals surface area (Å²) in [6.45, 7) is 7.96. The highest BCUT2D eigenvalue weighted by atomic mass is 32.2. The molecular formula is C17H24N2O4S. The zero-order valence-corrected chi connectivity index (χ0v) is 15.2.